The van der Waals surface area contributed by atoms with E-state index in [1.807, 2.05) is 0 Å². The Bertz CT molecular complexity index is 209. The summed E-state index contributed by atoms with van der Waals surface area (Å²) in [5, 5.41) is 0. The van der Waals surface area contributed by atoms with E-state index in [0.29, 0.717) is 11.4 Å². The normalized spacial score (nSPS) is 18.1. The van der Waals surface area contributed by atoms with Crippen LogP contribution >= 0.6 is 57.0 Å². The van der Waals surface area contributed by atoms with Gasteiger partial charge >= 0.3 is 6.00 Å². The second kappa shape index (κ2) is 4.02. The molecule has 0 rings (SSSR count). The van der Waals surface area contributed by atoms with Crippen LogP contribution in [0, 0.1) is 0 Å². The topological polar surface area (TPSA) is 29.4 Å². The Morgan fingerprint density at radius 3 is 2.00 bits per heavy atom. The van der Waals surface area contributed by atoms with E-state index in [0.717, 1.165) is 0 Å². The van der Waals surface area contributed by atoms with Gasteiger partial charge in [0.25, 0.3) is 5.92 Å². The molecule has 9 heteroatoms. The number of rotatable bonds is 2. The third-order valence-corrected chi connectivity index (χ3v) is 7.58. The van der Waals surface area contributed by atoms with Crippen molar-refractivity contribution in [1.82, 2.24) is 0 Å². The Morgan fingerprint density at radius 2 is 1.90 bits per heavy atom. The molecule has 0 saturated carbocycles. The van der Waals surface area contributed by atoms with Crippen molar-refractivity contribution >= 4 is 57.0 Å². The first-order valence-electron chi connectivity index (χ1n) is 1.85. The van der Waals surface area contributed by atoms with Crippen molar-refractivity contribution in [3.8, 4) is 0 Å². The molecule has 1 unspecified atom stereocenters. The third-order valence-electron chi connectivity index (χ3n) is 0.428. The SMILES string of the molecule is CSP(F)(Cl)=NP(=O)(Cl)Cl. The summed E-state index contributed by atoms with van der Waals surface area (Å²) in [5.74, 6) is -7.27. The van der Waals surface area contributed by atoms with Gasteiger partial charge in [-0.2, -0.15) is 8.71 Å². The number of hydrogen-bond acceptors (Lipinski definition) is 2. The molecular weight excluding hydrogens is 261 g/mol. The lowest BCUT2D eigenvalue weighted by atomic mass is 12.0. The van der Waals surface area contributed by atoms with Gasteiger partial charge in [0.05, 0.1) is 0 Å². The molecule has 1 atom stereocenters. The van der Waals surface area contributed by atoms with Crippen LogP contribution in [-0.2, 0) is 4.57 Å². The summed E-state index contributed by atoms with van der Waals surface area (Å²) in [6, 6.07) is 0. The molecule has 0 saturated heterocycles. The first kappa shape index (κ1) is 11.6. The van der Waals surface area contributed by atoms with Crippen LogP contribution in [0.3, 0.4) is 0 Å². The molecule has 0 bridgehead atoms. The van der Waals surface area contributed by atoms with Gasteiger partial charge in [-0.1, -0.05) is 11.4 Å². The molecule has 0 radical (unpaired) electrons. The zero-order valence-electron chi connectivity index (χ0n) is 4.67. The van der Waals surface area contributed by atoms with E-state index >= 15 is 0 Å². The van der Waals surface area contributed by atoms with E-state index in [1.165, 1.54) is 6.26 Å². The molecule has 0 heterocycles. The van der Waals surface area contributed by atoms with Gasteiger partial charge in [-0.15, -0.1) is 0 Å². The van der Waals surface area contributed by atoms with Crippen LogP contribution in [0.1, 0.15) is 0 Å². The number of halogens is 4. The summed E-state index contributed by atoms with van der Waals surface area (Å²) in [7, 11) is 0. The summed E-state index contributed by atoms with van der Waals surface area (Å²) in [6.45, 7) is 0. The maximum atomic E-state index is 12.6. The summed E-state index contributed by atoms with van der Waals surface area (Å²) >= 11 is 15.6. The minimum Gasteiger partial charge on any atom is -0.262 e. The Hall–Kier alpha value is 1.61. The van der Waals surface area contributed by atoms with Crippen molar-refractivity contribution in [3.05, 3.63) is 0 Å². The fraction of sp³-hybridized carbons (Fsp3) is 1.00. The summed E-state index contributed by atoms with van der Waals surface area (Å²) < 4.78 is 26.0. The summed E-state index contributed by atoms with van der Waals surface area (Å²) in [5.41, 5.74) is 0. The molecule has 0 N–H and O–H groups in total. The lowest BCUT2D eigenvalue weighted by Gasteiger charge is -2.01. The highest BCUT2D eigenvalue weighted by molar-refractivity contribution is 8.64. The summed E-state index contributed by atoms with van der Waals surface area (Å²) in [4.78, 5) is 0. The van der Waals surface area contributed by atoms with Gasteiger partial charge in [0.2, 0.25) is 0 Å². The lowest BCUT2D eigenvalue weighted by Crippen LogP contribution is -1.50. The average Bonchev–Trinajstić information content (AvgIpc) is 1.60. The third kappa shape index (κ3) is 6.33. The van der Waals surface area contributed by atoms with Crippen molar-refractivity contribution in [2.45, 2.75) is 0 Å². The molecular formula is CH3Cl3FNOP2S. The van der Waals surface area contributed by atoms with E-state index in [1.54, 1.807) is 0 Å². The smallest absolute Gasteiger partial charge is 0.262 e. The van der Waals surface area contributed by atoms with Gasteiger partial charge in [-0.05, 0) is 40.0 Å². The molecule has 0 aliphatic heterocycles. The fourth-order valence-corrected chi connectivity index (χ4v) is 6.88. The molecule has 0 aromatic carbocycles. The van der Waals surface area contributed by atoms with Crippen LogP contribution in [0.2, 0.25) is 0 Å². The first-order valence-corrected chi connectivity index (χ1v) is 9.69. The predicted octanol–water partition coefficient (Wildman–Crippen LogP) is 5.09. The zero-order chi connectivity index (χ0) is 8.41. The van der Waals surface area contributed by atoms with E-state index in [-0.39, 0.29) is 0 Å². The largest absolute Gasteiger partial charge is 0.366 e. The van der Waals surface area contributed by atoms with E-state index in [4.69, 9.17) is 33.7 Å². The maximum Gasteiger partial charge on any atom is 0.366 e. The van der Waals surface area contributed by atoms with E-state index in [2.05, 4.69) is 4.52 Å². The molecule has 0 fully saturated rings. The highest BCUT2D eigenvalue weighted by Crippen LogP contribution is 2.76. The van der Waals surface area contributed by atoms with Crippen LogP contribution in [0.5, 0.6) is 0 Å². The number of hydrogen-bond donors (Lipinski definition) is 0. The van der Waals surface area contributed by atoms with Crippen LogP contribution in [-0.4, -0.2) is 6.26 Å². The van der Waals surface area contributed by atoms with Crippen LogP contribution in [0.15, 0.2) is 4.52 Å². The van der Waals surface area contributed by atoms with Gasteiger partial charge in [-0.25, -0.2) is 0 Å². The Balaban J connectivity index is 4.61. The second-order valence-electron chi connectivity index (χ2n) is 1.14. The van der Waals surface area contributed by atoms with Crippen molar-refractivity contribution in [3.63, 3.8) is 0 Å². The molecule has 10 heavy (non-hydrogen) atoms. The highest BCUT2D eigenvalue weighted by Gasteiger charge is 2.21. The molecule has 0 amide bonds. The Kier molecular flexibility index (Phi) is 4.67. The van der Waals surface area contributed by atoms with Gasteiger partial charge in [-0.3, -0.25) is 4.57 Å². The van der Waals surface area contributed by atoms with E-state index in [9.17, 15) is 8.76 Å². The highest BCUT2D eigenvalue weighted by atomic mass is 35.9. The van der Waals surface area contributed by atoms with Crippen molar-refractivity contribution in [2.75, 3.05) is 6.26 Å². The Labute approximate surface area is 76.5 Å². The quantitative estimate of drug-likeness (QED) is 0.650. The van der Waals surface area contributed by atoms with Gasteiger partial charge in [0.1, 0.15) is 0 Å². The van der Waals surface area contributed by atoms with Crippen LogP contribution < -0.4 is 0 Å². The minimum atomic E-state index is -3.71. The molecule has 2 nitrogen and oxygen atoms in total. The van der Waals surface area contributed by atoms with Crippen LogP contribution in [0.25, 0.3) is 0 Å². The van der Waals surface area contributed by atoms with Crippen molar-refractivity contribution in [1.29, 1.82) is 0 Å². The first-order chi connectivity index (χ1) is 4.27. The predicted molar refractivity (Wildman–Crippen MR) is 49.1 cm³/mol. The lowest BCUT2D eigenvalue weighted by molar-refractivity contribution is 0.594. The Morgan fingerprint density at radius 1 is 1.50 bits per heavy atom. The van der Waals surface area contributed by atoms with Crippen LogP contribution in [0.4, 0.5) is 4.20 Å². The van der Waals surface area contributed by atoms with Crippen molar-refractivity contribution in [2.24, 2.45) is 4.52 Å². The molecule has 0 aliphatic carbocycles. The maximum absolute atomic E-state index is 12.6. The molecule has 0 aromatic rings. The van der Waals surface area contributed by atoms with E-state index < -0.39 is 11.9 Å². The standard InChI is InChI=1S/CH3Cl3FNOP2S/c1-10-9(4,5)6-8(2,3)7/h1H3. The molecule has 62 valence electrons. The molecule has 0 aromatic heterocycles. The van der Waals surface area contributed by atoms with Gasteiger partial charge in [0, 0.05) is 0 Å². The minimum absolute atomic E-state index is 0.656. The van der Waals surface area contributed by atoms with Gasteiger partial charge < -0.3 is 0 Å². The second-order valence-corrected chi connectivity index (χ2v) is 11.7. The summed E-state index contributed by atoms with van der Waals surface area (Å²) in [6.07, 6.45) is 1.40. The zero-order valence-corrected chi connectivity index (χ0v) is 9.54. The monoisotopic (exact) mass is 263 g/mol. The average molecular weight is 264 g/mol. The van der Waals surface area contributed by atoms with Crippen molar-refractivity contribution < 1.29 is 8.76 Å². The number of nitrogens with zero attached hydrogens (tertiary/aromatic N) is 1. The molecule has 0 spiro atoms. The molecule has 0 aliphatic rings. The van der Waals surface area contributed by atoms with Gasteiger partial charge in [0.15, 0.2) is 0 Å². The fourth-order valence-electron chi connectivity index (χ4n) is 0.158.